The Morgan fingerprint density at radius 1 is 0.824 bits per heavy atom. The predicted molar refractivity (Wildman–Crippen MR) is 54.6 cm³/mol. The summed E-state index contributed by atoms with van der Waals surface area (Å²) in [5.74, 6) is -9.70. The van der Waals surface area contributed by atoms with Crippen molar-refractivity contribution in [3.05, 3.63) is 34.6 Å². The van der Waals surface area contributed by atoms with Crippen LogP contribution in [0.2, 0.25) is 13.1 Å². The second-order valence-corrected chi connectivity index (χ2v) is 6.18. The zero-order valence-corrected chi connectivity index (χ0v) is 10.6. The lowest BCUT2D eigenvalue weighted by Gasteiger charge is -2.18. The third-order valence-corrected chi connectivity index (χ3v) is 3.08. The fourth-order valence-corrected chi connectivity index (χ4v) is 2.41. The highest BCUT2D eigenvalue weighted by Gasteiger charge is 2.29. The van der Waals surface area contributed by atoms with Gasteiger partial charge in [0.05, 0.1) is 11.7 Å². The van der Waals surface area contributed by atoms with Gasteiger partial charge in [-0.2, -0.15) is 0 Å². The number of rotatable bonds is 3. The lowest BCUT2D eigenvalue weighted by atomic mass is 10.1. The van der Waals surface area contributed by atoms with Gasteiger partial charge >= 0.3 is 0 Å². The van der Waals surface area contributed by atoms with E-state index in [1.807, 2.05) is 0 Å². The lowest BCUT2D eigenvalue weighted by molar-refractivity contribution is 0.212. The monoisotopic (exact) mass is 270 g/mol. The average molecular weight is 270 g/mol. The molecule has 1 nitrogen and oxygen atoms in total. The van der Waals surface area contributed by atoms with Crippen molar-refractivity contribution >= 4 is 9.04 Å². The van der Waals surface area contributed by atoms with E-state index >= 15 is 0 Å². The minimum atomic E-state index is -2.15. The smallest absolute Gasteiger partial charge is 0.200 e. The van der Waals surface area contributed by atoms with Crippen LogP contribution < -0.4 is 0 Å². The molecule has 0 N–H and O–H groups in total. The van der Waals surface area contributed by atoms with Gasteiger partial charge in [0, 0.05) is 0 Å². The summed E-state index contributed by atoms with van der Waals surface area (Å²) < 4.78 is 70.3. The van der Waals surface area contributed by atoms with Gasteiger partial charge in [0.15, 0.2) is 32.3 Å². The van der Waals surface area contributed by atoms with E-state index in [0.717, 1.165) is 0 Å². The molecule has 0 saturated carbocycles. The topological polar surface area (TPSA) is 9.23 Å². The van der Waals surface area contributed by atoms with Crippen LogP contribution in [0.5, 0.6) is 0 Å². The van der Waals surface area contributed by atoms with Crippen molar-refractivity contribution in [2.45, 2.75) is 26.1 Å². The first-order valence-electron chi connectivity index (χ1n) is 4.94. The van der Waals surface area contributed by atoms with Crippen LogP contribution in [0.1, 0.15) is 18.6 Å². The number of benzene rings is 1. The van der Waals surface area contributed by atoms with Gasteiger partial charge in [0.2, 0.25) is 5.82 Å². The molecule has 0 fully saturated rings. The van der Waals surface area contributed by atoms with Crippen molar-refractivity contribution in [3.8, 4) is 0 Å². The van der Waals surface area contributed by atoms with Crippen LogP contribution in [0, 0.1) is 29.1 Å². The Balaban J connectivity index is 3.33. The summed E-state index contributed by atoms with van der Waals surface area (Å²) in [7, 11) is -1.66. The van der Waals surface area contributed by atoms with Crippen molar-refractivity contribution in [1.82, 2.24) is 0 Å². The maximum absolute atomic E-state index is 13.3. The quantitative estimate of drug-likeness (QED) is 0.354. The van der Waals surface area contributed by atoms with Crippen molar-refractivity contribution in [1.29, 1.82) is 0 Å². The molecule has 1 atom stereocenters. The molecule has 1 aromatic carbocycles. The third-order valence-electron chi connectivity index (χ3n) is 2.13. The molecule has 0 unspecified atom stereocenters. The second-order valence-electron chi connectivity index (χ2n) is 3.81. The molecule has 0 saturated heterocycles. The molecule has 0 aliphatic heterocycles. The Kier molecular flexibility index (Phi) is 4.26. The highest BCUT2D eigenvalue weighted by atomic mass is 28.3. The van der Waals surface area contributed by atoms with Gasteiger partial charge < -0.3 is 4.43 Å². The van der Waals surface area contributed by atoms with Gasteiger partial charge in [-0.25, -0.2) is 22.0 Å². The third kappa shape index (κ3) is 2.66. The van der Waals surface area contributed by atoms with E-state index < -0.39 is 49.8 Å². The Labute approximate surface area is 96.9 Å². The first kappa shape index (κ1) is 14.1. The van der Waals surface area contributed by atoms with Gasteiger partial charge in [-0.1, -0.05) is 0 Å². The molecule has 0 spiro atoms. The summed E-state index contributed by atoms with van der Waals surface area (Å²) in [4.78, 5) is 0. The van der Waals surface area contributed by atoms with Crippen LogP contribution in [-0.2, 0) is 4.43 Å². The Bertz CT molecular complexity index is 406. The standard InChI is InChI=1S/C10H11F5OSi/c1-4(16-17(2)3)5-6(11)8(13)10(15)9(14)7(5)12/h4,17H,1-3H3/t4-/m0/s1. The van der Waals surface area contributed by atoms with Crippen LogP contribution in [0.4, 0.5) is 22.0 Å². The number of halogens is 5. The van der Waals surface area contributed by atoms with E-state index in [2.05, 4.69) is 0 Å². The van der Waals surface area contributed by atoms with Crippen LogP contribution >= 0.6 is 0 Å². The molecule has 0 aromatic heterocycles. The van der Waals surface area contributed by atoms with Crippen LogP contribution in [0.25, 0.3) is 0 Å². The first-order valence-corrected chi connectivity index (χ1v) is 7.72. The predicted octanol–water partition coefficient (Wildman–Crippen LogP) is 3.44. The van der Waals surface area contributed by atoms with E-state index in [-0.39, 0.29) is 0 Å². The van der Waals surface area contributed by atoms with Crippen LogP contribution in [0.3, 0.4) is 0 Å². The Hall–Kier alpha value is -0.953. The van der Waals surface area contributed by atoms with Crippen molar-refractivity contribution < 1.29 is 26.4 Å². The summed E-state index contributed by atoms with van der Waals surface area (Å²) in [6.45, 7) is 4.70. The van der Waals surface area contributed by atoms with E-state index in [9.17, 15) is 22.0 Å². The molecule has 0 bridgehead atoms. The molecular formula is C10H11F5OSi. The molecular weight excluding hydrogens is 259 g/mol. The van der Waals surface area contributed by atoms with Crippen LogP contribution in [0.15, 0.2) is 0 Å². The largest absolute Gasteiger partial charge is 0.414 e. The maximum Gasteiger partial charge on any atom is 0.200 e. The average Bonchev–Trinajstić information content (AvgIpc) is 2.23. The van der Waals surface area contributed by atoms with Gasteiger partial charge in [-0.05, 0) is 20.0 Å². The van der Waals surface area contributed by atoms with Crippen LogP contribution in [-0.4, -0.2) is 9.04 Å². The summed E-state index contributed by atoms with van der Waals surface area (Å²) >= 11 is 0. The normalized spacial score (nSPS) is 13.2. The maximum atomic E-state index is 13.3. The van der Waals surface area contributed by atoms with Gasteiger partial charge in [0.1, 0.15) is 0 Å². The van der Waals surface area contributed by atoms with Crippen molar-refractivity contribution in [2.75, 3.05) is 0 Å². The first-order chi connectivity index (χ1) is 7.77. The summed E-state index contributed by atoms with van der Waals surface area (Å²) in [5, 5.41) is 0. The summed E-state index contributed by atoms with van der Waals surface area (Å²) in [6.07, 6.45) is -1.16. The summed E-state index contributed by atoms with van der Waals surface area (Å²) in [6, 6.07) is 0. The highest BCUT2D eigenvalue weighted by Crippen LogP contribution is 2.29. The Morgan fingerprint density at radius 3 is 1.53 bits per heavy atom. The van der Waals surface area contributed by atoms with Gasteiger partial charge in [0.25, 0.3) is 0 Å². The second kappa shape index (κ2) is 5.13. The SMILES string of the molecule is C[C@H](O[SiH](C)C)c1c(F)c(F)c(F)c(F)c1F. The minimum absolute atomic E-state index is 0.914. The molecule has 1 rings (SSSR count). The van der Waals surface area contributed by atoms with Crippen molar-refractivity contribution in [2.24, 2.45) is 0 Å². The molecule has 0 aliphatic carbocycles. The summed E-state index contributed by atoms with van der Waals surface area (Å²) in [5.41, 5.74) is -0.914. The fourth-order valence-electron chi connectivity index (χ4n) is 1.46. The molecule has 7 heteroatoms. The fraction of sp³-hybridized carbons (Fsp3) is 0.400. The van der Waals surface area contributed by atoms with Gasteiger partial charge in [-0.15, -0.1) is 0 Å². The molecule has 0 amide bonds. The highest BCUT2D eigenvalue weighted by molar-refractivity contribution is 6.48. The Morgan fingerprint density at radius 2 is 1.18 bits per heavy atom. The lowest BCUT2D eigenvalue weighted by Crippen LogP contribution is -2.16. The molecule has 0 heterocycles. The van der Waals surface area contributed by atoms with E-state index in [4.69, 9.17) is 4.43 Å². The molecule has 17 heavy (non-hydrogen) atoms. The minimum Gasteiger partial charge on any atom is -0.414 e. The zero-order chi connectivity index (χ0) is 13.3. The molecule has 96 valence electrons. The molecule has 0 aliphatic rings. The molecule has 1 aromatic rings. The number of hydrogen-bond donors (Lipinski definition) is 0. The van der Waals surface area contributed by atoms with Crippen molar-refractivity contribution in [3.63, 3.8) is 0 Å². The van der Waals surface area contributed by atoms with E-state index in [0.29, 0.717) is 0 Å². The van der Waals surface area contributed by atoms with Gasteiger partial charge in [-0.3, -0.25) is 0 Å². The van der Waals surface area contributed by atoms with E-state index in [1.54, 1.807) is 13.1 Å². The van der Waals surface area contributed by atoms with E-state index in [1.165, 1.54) is 6.92 Å². The molecule has 0 radical (unpaired) electrons. The zero-order valence-electron chi connectivity index (χ0n) is 9.45. The number of hydrogen-bond acceptors (Lipinski definition) is 1.